The van der Waals surface area contributed by atoms with Crippen LogP contribution in [-0.4, -0.2) is 46.6 Å². The Morgan fingerprint density at radius 1 is 1.03 bits per heavy atom. The topological polar surface area (TPSA) is 84.0 Å². The van der Waals surface area contributed by atoms with E-state index in [0.29, 0.717) is 38.2 Å². The number of rotatable bonds is 5. The average Bonchev–Trinajstić information content (AvgIpc) is 2.73. The molecule has 0 atom stereocenters. The van der Waals surface area contributed by atoms with Crippen molar-refractivity contribution < 1.29 is 21.6 Å². The van der Waals surface area contributed by atoms with Crippen LogP contribution < -0.4 is 9.04 Å². The highest BCUT2D eigenvalue weighted by Gasteiger charge is 2.33. The van der Waals surface area contributed by atoms with Crippen LogP contribution in [0.5, 0.6) is 5.75 Å². The van der Waals surface area contributed by atoms with Crippen molar-refractivity contribution >= 4 is 25.7 Å². The van der Waals surface area contributed by atoms with Crippen LogP contribution in [0.3, 0.4) is 0 Å². The highest BCUT2D eigenvalue weighted by Crippen LogP contribution is 2.35. The van der Waals surface area contributed by atoms with Crippen LogP contribution in [0.1, 0.15) is 30.9 Å². The maximum atomic E-state index is 13.6. The molecule has 0 amide bonds. The van der Waals surface area contributed by atoms with E-state index in [0.717, 1.165) is 17.5 Å². The van der Waals surface area contributed by atoms with E-state index >= 15 is 0 Å². The normalized spacial score (nSPS) is 19.3. The van der Waals surface area contributed by atoms with E-state index in [1.165, 1.54) is 14.7 Å². The van der Waals surface area contributed by atoms with E-state index < -0.39 is 20.0 Å². The minimum absolute atomic E-state index is 0.0157. The first-order valence-corrected chi connectivity index (χ1v) is 13.2. The fourth-order valence-corrected chi connectivity index (χ4v) is 7.22. The SMILES string of the molecule is CCOc1ccc(N2CCCCS2(=O)=O)cc1S(=O)(=O)N1CCc2ccccc2C1. The summed E-state index contributed by atoms with van der Waals surface area (Å²) in [6.07, 6.45) is 2.01. The Balaban J connectivity index is 1.74. The summed E-state index contributed by atoms with van der Waals surface area (Å²) in [5.41, 5.74) is 2.51. The fraction of sp³-hybridized carbons (Fsp3) is 0.429. The lowest BCUT2D eigenvalue weighted by Crippen LogP contribution is -2.38. The summed E-state index contributed by atoms with van der Waals surface area (Å²) in [7, 11) is -7.31. The first kappa shape index (κ1) is 21.1. The Hall–Kier alpha value is -2.10. The molecule has 0 radical (unpaired) electrons. The summed E-state index contributed by atoms with van der Waals surface area (Å²) in [6, 6.07) is 12.5. The minimum atomic E-state index is -3.87. The van der Waals surface area contributed by atoms with Gasteiger partial charge in [0.25, 0.3) is 0 Å². The van der Waals surface area contributed by atoms with Crippen molar-refractivity contribution in [1.29, 1.82) is 0 Å². The molecule has 2 heterocycles. The molecule has 2 aromatic carbocycles. The third kappa shape index (κ3) is 3.93. The van der Waals surface area contributed by atoms with Crippen LogP contribution in [0.4, 0.5) is 5.69 Å². The number of benzene rings is 2. The number of ether oxygens (including phenoxy) is 1. The molecule has 0 bridgehead atoms. The summed E-state index contributed by atoms with van der Waals surface area (Å²) in [4.78, 5) is 0.0157. The van der Waals surface area contributed by atoms with E-state index in [9.17, 15) is 16.8 Å². The lowest BCUT2D eigenvalue weighted by molar-refractivity contribution is 0.327. The Morgan fingerprint density at radius 3 is 2.53 bits per heavy atom. The van der Waals surface area contributed by atoms with Gasteiger partial charge in [-0.15, -0.1) is 0 Å². The van der Waals surface area contributed by atoms with Gasteiger partial charge in [-0.1, -0.05) is 24.3 Å². The molecule has 2 aliphatic heterocycles. The van der Waals surface area contributed by atoms with Crippen molar-refractivity contribution in [3.8, 4) is 5.75 Å². The molecule has 1 fully saturated rings. The molecule has 4 rings (SSSR count). The monoisotopic (exact) mass is 450 g/mol. The van der Waals surface area contributed by atoms with E-state index in [1.54, 1.807) is 19.1 Å². The van der Waals surface area contributed by atoms with Gasteiger partial charge in [-0.05, 0) is 55.5 Å². The Kier molecular flexibility index (Phi) is 5.78. The molecule has 30 heavy (non-hydrogen) atoms. The average molecular weight is 451 g/mol. The number of fused-ring (bicyclic) bond motifs is 1. The van der Waals surface area contributed by atoms with Crippen molar-refractivity contribution in [3.05, 3.63) is 53.6 Å². The molecule has 0 spiro atoms. The zero-order valence-electron chi connectivity index (χ0n) is 17.0. The van der Waals surface area contributed by atoms with Gasteiger partial charge in [-0.2, -0.15) is 4.31 Å². The number of sulfonamides is 2. The predicted molar refractivity (Wildman–Crippen MR) is 116 cm³/mol. The Bertz CT molecular complexity index is 1150. The number of hydrogen-bond donors (Lipinski definition) is 0. The van der Waals surface area contributed by atoms with Crippen LogP contribution in [0, 0.1) is 0 Å². The zero-order chi connectivity index (χ0) is 21.4. The van der Waals surface area contributed by atoms with Crippen LogP contribution in [-0.2, 0) is 33.0 Å². The summed E-state index contributed by atoms with van der Waals surface area (Å²) in [6.45, 7) is 3.11. The quantitative estimate of drug-likeness (QED) is 0.699. The van der Waals surface area contributed by atoms with Crippen LogP contribution >= 0.6 is 0 Å². The standard InChI is InChI=1S/C21H26N2O5S2/c1-2-28-20-10-9-19(23-12-5-6-14-29(23,24)25)15-21(20)30(26,27)22-13-11-17-7-3-4-8-18(17)16-22/h3-4,7-10,15H,2,5-6,11-14,16H2,1H3. The largest absolute Gasteiger partial charge is 0.492 e. The second-order valence-corrected chi connectivity index (χ2v) is 11.4. The third-order valence-corrected chi connectivity index (χ3v) is 9.31. The summed E-state index contributed by atoms with van der Waals surface area (Å²) in [5.74, 6) is 0.320. The smallest absolute Gasteiger partial charge is 0.247 e. The van der Waals surface area contributed by atoms with Gasteiger partial charge in [0.15, 0.2) is 0 Å². The van der Waals surface area contributed by atoms with Crippen molar-refractivity contribution in [1.82, 2.24) is 4.31 Å². The number of anilines is 1. The second-order valence-electron chi connectivity index (χ2n) is 7.52. The number of nitrogens with zero attached hydrogens (tertiary/aromatic N) is 2. The van der Waals surface area contributed by atoms with Gasteiger partial charge in [0.1, 0.15) is 10.6 Å². The minimum Gasteiger partial charge on any atom is -0.492 e. The molecular formula is C21H26N2O5S2. The van der Waals surface area contributed by atoms with Crippen LogP contribution in [0.15, 0.2) is 47.4 Å². The maximum absolute atomic E-state index is 13.6. The van der Waals surface area contributed by atoms with Crippen LogP contribution in [0.2, 0.25) is 0 Å². The van der Waals surface area contributed by atoms with Crippen molar-refractivity contribution in [2.45, 2.75) is 37.6 Å². The maximum Gasteiger partial charge on any atom is 0.247 e. The van der Waals surface area contributed by atoms with E-state index in [2.05, 4.69) is 0 Å². The molecule has 2 aliphatic rings. The molecule has 0 aromatic heterocycles. The van der Waals surface area contributed by atoms with Gasteiger partial charge < -0.3 is 4.74 Å². The van der Waals surface area contributed by atoms with E-state index in [4.69, 9.17) is 4.74 Å². The highest BCUT2D eigenvalue weighted by molar-refractivity contribution is 7.92. The van der Waals surface area contributed by atoms with Gasteiger partial charge in [0.05, 0.1) is 18.0 Å². The fourth-order valence-electron chi connectivity index (χ4n) is 4.02. The van der Waals surface area contributed by atoms with Crippen molar-refractivity contribution in [3.63, 3.8) is 0 Å². The second kappa shape index (κ2) is 8.20. The zero-order valence-corrected chi connectivity index (χ0v) is 18.6. The van der Waals surface area contributed by atoms with Gasteiger partial charge in [-0.3, -0.25) is 4.31 Å². The van der Waals surface area contributed by atoms with Crippen LogP contribution in [0.25, 0.3) is 0 Å². The lowest BCUT2D eigenvalue weighted by atomic mass is 10.0. The van der Waals surface area contributed by atoms with E-state index in [1.807, 2.05) is 24.3 Å². The summed E-state index contributed by atoms with van der Waals surface area (Å²) in [5, 5.41) is 0. The van der Waals surface area contributed by atoms with E-state index in [-0.39, 0.29) is 22.9 Å². The Morgan fingerprint density at radius 2 is 1.80 bits per heavy atom. The summed E-state index contributed by atoms with van der Waals surface area (Å²) >= 11 is 0. The molecule has 7 nitrogen and oxygen atoms in total. The van der Waals surface area contributed by atoms with Crippen molar-refractivity contribution in [2.75, 3.05) is 29.8 Å². The molecule has 2 aromatic rings. The highest BCUT2D eigenvalue weighted by atomic mass is 32.2. The molecule has 0 saturated carbocycles. The molecule has 9 heteroatoms. The molecule has 0 N–H and O–H groups in total. The van der Waals surface area contributed by atoms with Crippen molar-refractivity contribution in [2.24, 2.45) is 0 Å². The number of hydrogen-bond acceptors (Lipinski definition) is 5. The molecule has 0 aliphatic carbocycles. The lowest BCUT2D eigenvalue weighted by Gasteiger charge is -2.31. The summed E-state index contributed by atoms with van der Waals surface area (Å²) < 4.78 is 60.6. The molecule has 1 saturated heterocycles. The third-order valence-electron chi connectivity index (χ3n) is 5.58. The molecular weight excluding hydrogens is 424 g/mol. The van der Waals surface area contributed by atoms with Gasteiger partial charge in [-0.25, -0.2) is 16.8 Å². The Labute approximate surface area is 178 Å². The van der Waals surface area contributed by atoms with Gasteiger partial charge >= 0.3 is 0 Å². The van der Waals surface area contributed by atoms with Gasteiger partial charge in [0.2, 0.25) is 20.0 Å². The van der Waals surface area contributed by atoms with Gasteiger partial charge in [0, 0.05) is 19.6 Å². The first-order chi connectivity index (χ1) is 14.3. The predicted octanol–water partition coefficient (Wildman–Crippen LogP) is 2.76. The molecule has 162 valence electrons. The first-order valence-electron chi connectivity index (χ1n) is 10.2. The molecule has 0 unspecified atom stereocenters.